The van der Waals surface area contributed by atoms with Crippen molar-refractivity contribution in [2.45, 2.75) is 6.10 Å². The van der Waals surface area contributed by atoms with Crippen LogP contribution in [0.15, 0.2) is 12.1 Å². The molecule has 0 saturated carbocycles. The third-order valence-electron chi connectivity index (χ3n) is 2.59. The Labute approximate surface area is 96.4 Å². The van der Waals surface area contributed by atoms with Gasteiger partial charge in [-0.15, -0.1) is 14.8 Å². The van der Waals surface area contributed by atoms with Gasteiger partial charge in [-0.2, -0.15) is 5.26 Å². The molecule has 1 aliphatic rings. The van der Waals surface area contributed by atoms with Gasteiger partial charge in [0.15, 0.2) is 17.6 Å². The fourth-order valence-electron chi connectivity index (χ4n) is 1.74. The highest BCUT2D eigenvalue weighted by atomic mass is 16.5. The number of anilines is 1. The van der Waals surface area contributed by atoms with E-state index in [4.69, 9.17) is 10.00 Å². The normalized spacial score (nSPS) is 20.4. The van der Waals surface area contributed by atoms with E-state index >= 15 is 0 Å². The van der Waals surface area contributed by atoms with Crippen molar-refractivity contribution in [3.63, 3.8) is 0 Å². The van der Waals surface area contributed by atoms with E-state index in [-0.39, 0.29) is 0 Å². The largest absolute Gasteiger partial charge is 0.360 e. The third-order valence-corrected chi connectivity index (χ3v) is 2.59. The highest BCUT2D eigenvalue weighted by Crippen LogP contribution is 2.14. The lowest BCUT2D eigenvalue weighted by Gasteiger charge is -2.30. The van der Waals surface area contributed by atoms with Crippen molar-refractivity contribution in [2.75, 3.05) is 24.6 Å². The van der Waals surface area contributed by atoms with Crippen molar-refractivity contribution in [3.8, 4) is 6.07 Å². The molecule has 86 valence electrons. The number of rotatable bonds is 1. The first-order chi connectivity index (χ1) is 8.36. The van der Waals surface area contributed by atoms with Gasteiger partial charge in [0.2, 0.25) is 0 Å². The van der Waals surface area contributed by atoms with Gasteiger partial charge in [0, 0.05) is 6.54 Å². The van der Waals surface area contributed by atoms with Gasteiger partial charge in [-0.05, 0) is 22.6 Å². The second kappa shape index (κ2) is 3.95. The molecule has 1 fully saturated rings. The Morgan fingerprint density at radius 1 is 1.47 bits per heavy atom. The predicted octanol–water partition coefficient (Wildman–Crippen LogP) is -0.752. The monoisotopic (exact) mass is 231 g/mol. The zero-order valence-electron chi connectivity index (χ0n) is 8.89. The molecule has 0 radical (unpaired) electrons. The average Bonchev–Trinajstić information content (AvgIpc) is 2.86. The molecule has 0 N–H and O–H groups in total. The van der Waals surface area contributed by atoms with Crippen LogP contribution in [0.25, 0.3) is 5.65 Å². The summed E-state index contributed by atoms with van der Waals surface area (Å²) in [4.78, 5) is 1.98. The van der Waals surface area contributed by atoms with Crippen molar-refractivity contribution >= 4 is 11.5 Å². The maximum Gasteiger partial charge on any atom is 0.200 e. The Hall–Kier alpha value is -2.27. The second-order valence-corrected chi connectivity index (χ2v) is 3.65. The Balaban J connectivity index is 1.90. The first kappa shape index (κ1) is 9.92. The zero-order valence-corrected chi connectivity index (χ0v) is 8.89. The fourth-order valence-corrected chi connectivity index (χ4v) is 1.74. The maximum atomic E-state index is 8.83. The van der Waals surface area contributed by atoms with Gasteiger partial charge in [-0.3, -0.25) is 0 Å². The van der Waals surface area contributed by atoms with Gasteiger partial charge in [0.1, 0.15) is 0 Å². The quantitative estimate of drug-likeness (QED) is 0.637. The van der Waals surface area contributed by atoms with Crippen molar-refractivity contribution in [1.29, 1.82) is 5.26 Å². The van der Waals surface area contributed by atoms with Gasteiger partial charge >= 0.3 is 0 Å². The molecule has 1 saturated heterocycles. The maximum absolute atomic E-state index is 8.83. The minimum Gasteiger partial charge on any atom is -0.360 e. The number of hydrogen-bond donors (Lipinski definition) is 0. The molecule has 3 rings (SSSR count). The lowest BCUT2D eigenvalue weighted by Crippen LogP contribution is -2.42. The SMILES string of the molecule is N#CC1CN(c2ccc3nnnn3n2)CCO1. The second-order valence-electron chi connectivity index (χ2n) is 3.65. The molecule has 0 amide bonds. The fraction of sp³-hybridized carbons (Fsp3) is 0.444. The van der Waals surface area contributed by atoms with Crippen LogP contribution in [-0.4, -0.2) is 51.1 Å². The number of aromatic nitrogens is 5. The molecule has 3 heterocycles. The topological polar surface area (TPSA) is 92.2 Å². The molecule has 8 nitrogen and oxygen atoms in total. The van der Waals surface area contributed by atoms with E-state index in [1.54, 1.807) is 6.07 Å². The van der Waals surface area contributed by atoms with Gasteiger partial charge < -0.3 is 9.64 Å². The molecule has 2 aromatic rings. The summed E-state index contributed by atoms with van der Waals surface area (Å²) in [5, 5.41) is 24.1. The molecular formula is C9H9N7O. The smallest absolute Gasteiger partial charge is 0.200 e. The number of morpholine rings is 1. The zero-order chi connectivity index (χ0) is 11.7. The van der Waals surface area contributed by atoms with Crippen LogP contribution in [0.2, 0.25) is 0 Å². The number of nitriles is 1. The van der Waals surface area contributed by atoms with Crippen molar-refractivity contribution in [3.05, 3.63) is 12.1 Å². The van der Waals surface area contributed by atoms with Crippen LogP contribution in [-0.2, 0) is 4.74 Å². The summed E-state index contributed by atoms with van der Waals surface area (Å²) in [6, 6.07) is 5.73. The predicted molar refractivity (Wildman–Crippen MR) is 56.1 cm³/mol. The van der Waals surface area contributed by atoms with Gasteiger partial charge in [-0.25, -0.2) is 0 Å². The summed E-state index contributed by atoms with van der Waals surface area (Å²) in [5.74, 6) is 0.744. The molecule has 0 bridgehead atoms. The highest BCUT2D eigenvalue weighted by Gasteiger charge is 2.21. The highest BCUT2D eigenvalue weighted by molar-refractivity contribution is 5.44. The third kappa shape index (κ3) is 1.76. The number of nitrogens with zero attached hydrogens (tertiary/aromatic N) is 7. The minimum absolute atomic E-state index is 0.407. The van der Waals surface area contributed by atoms with Crippen LogP contribution in [0, 0.1) is 11.3 Å². The van der Waals surface area contributed by atoms with Crippen LogP contribution in [0.4, 0.5) is 5.82 Å². The van der Waals surface area contributed by atoms with Crippen molar-refractivity contribution in [2.24, 2.45) is 0 Å². The van der Waals surface area contributed by atoms with Crippen LogP contribution in [0.5, 0.6) is 0 Å². The first-order valence-electron chi connectivity index (χ1n) is 5.18. The number of tetrazole rings is 1. The molecule has 8 heteroatoms. The van der Waals surface area contributed by atoms with Gasteiger partial charge in [-0.1, -0.05) is 0 Å². The molecule has 1 aliphatic heterocycles. The number of ether oxygens (including phenoxy) is 1. The van der Waals surface area contributed by atoms with E-state index in [2.05, 4.69) is 26.7 Å². The van der Waals surface area contributed by atoms with E-state index in [1.165, 1.54) is 4.63 Å². The Morgan fingerprint density at radius 2 is 2.41 bits per heavy atom. The molecule has 1 atom stereocenters. The molecule has 0 aliphatic carbocycles. The summed E-state index contributed by atoms with van der Waals surface area (Å²) in [6.07, 6.45) is -0.407. The average molecular weight is 231 g/mol. The Morgan fingerprint density at radius 3 is 3.29 bits per heavy atom. The Kier molecular flexibility index (Phi) is 2.31. The Bertz CT molecular complexity index is 574. The lowest BCUT2D eigenvalue weighted by molar-refractivity contribution is 0.0760. The summed E-state index contributed by atoms with van der Waals surface area (Å²) < 4.78 is 6.64. The summed E-state index contributed by atoms with van der Waals surface area (Å²) in [6.45, 7) is 1.74. The lowest BCUT2D eigenvalue weighted by atomic mass is 10.3. The van der Waals surface area contributed by atoms with Crippen molar-refractivity contribution in [1.82, 2.24) is 25.3 Å². The van der Waals surface area contributed by atoms with Crippen LogP contribution in [0.1, 0.15) is 0 Å². The van der Waals surface area contributed by atoms with E-state index in [0.717, 1.165) is 5.82 Å². The first-order valence-corrected chi connectivity index (χ1v) is 5.18. The van der Waals surface area contributed by atoms with E-state index in [9.17, 15) is 0 Å². The molecular weight excluding hydrogens is 222 g/mol. The van der Waals surface area contributed by atoms with E-state index < -0.39 is 6.10 Å². The van der Waals surface area contributed by atoms with E-state index in [0.29, 0.717) is 25.3 Å². The molecule has 1 unspecified atom stereocenters. The van der Waals surface area contributed by atoms with Crippen LogP contribution >= 0.6 is 0 Å². The number of fused-ring (bicyclic) bond motifs is 1. The summed E-state index contributed by atoms with van der Waals surface area (Å²) in [7, 11) is 0. The summed E-state index contributed by atoms with van der Waals surface area (Å²) in [5.41, 5.74) is 0.596. The molecule has 17 heavy (non-hydrogen) atoms. The van der Waals surface area contributed by atoms with Crippen LogP contribution in [0.3, 0.4) is 0 Å². The van der Waals surface area contributed by atoms with Gasteiger partial charge in [0.25, 0.3) is 0 Å². The van der Waals surface area contributed by atoms with Crippen LogP contribution < -0.4 is 4.90 Å². The van der Waals surface area contributed by atoms with E-state index in [1.807, 2.05) is 11.0 Å². The standard InChI is InChI=1S/C9H9N7O/c10-5-7-6-15(3-4-17-7)9-2-1-8-11-13-14-16(8)12-9/h1-2,7H,3-4,6H2. The molecule has 0 spiro atoms. The molecule has 0 aromatic carbocycles. The number of hydrogen-bond acceptors (Lipinski definition) is 7. The van der Waals surface area contributed by atoms with Crippen molar-refractivity contribution < 1.29 is 4.74 Å². The van der Waals surface area contributed by atoms with Gasteiger partial charge in [0.05, 0.1) is 19.2 Å². The summed E-state index contributed by atoms with van der Waals surface area (Å²) >= 11 is 0. The minimum atomic E-state index is -0.407. The molecule has 2 aromatic heterocycles.